The standard InChI is InChI=1S/C20H31N3O4.2ClH/c1-23(11-9-15-8-4-5-10-21-15)18-16(27-17(13-24)19(18)25)12-22-20(26)14-6-2-3-7-14;;/h4-5,8,10,14,16-19,24-25H,2-3,6-7,9,11-13H2,1H3,(H,22,26);2*1H/t16-,17+,18+,19-;;/m1../s1. The van der Waals surface area contributed by atoms with Gasteiger partial charge in [-0.1, -0.05) is 18.9 Å². The molecule has 4 atom stereocenters. The van der Waals surface area contributed by atoms with Crippen molar-refractivity contribution in [2.24, 2.45) is 5.92 Å². The quantitative estimate of drug-likeness (QED) is 0.551. The van der Waals surface area contributed by atoms with Crippen LogP contribution in [0.2, 0.25) is 0 Å². The molecule has 0 radical (unpaired) electrons. The molecule has 7 nitrogen and oxygen atoms in total. The van der Waals surface area contributed by atoms with Crippen molar-refractivity contribution < 1.29 is 19.7 Å². The van der Waals surface area contributed by atoms with Crippen molar-refractivity contribution in [1.29, 1.82) is 0 Å². The van der Waals surface area contributed by atoms with Crippen molar-refractivity contribution in [2.75, 3.05) is 26.7 Å². The lowest BCUT2D eigenvalue weighted by Gasteiger charge is -2.30. The molecule has 3 rings (SSSR count). The number of halogens is 2. The number of aromatic nitrogens is 1. The number of carbonyl (C=O) groups excluding carboxylic acids is 1. The summed E-state index contributed by atoms with van der Waals surface area (Å²) >= 11 is 0. The van der Waals surface area contributed by atoms with E-state index < -0.39 is 12.2 Å². The molecule has 2 heterocycles. The summed E-state index contributed by atoms with van der Waals surface area (Å²) in [5.41, 5.74) is 0.988. The largest absolute Gasteiger partial charge is 0.394 e. The molecule has 1 amide bonds. The van der Waals surface area contributed by atoms with Crippen LogP contribution in [0.25, 0.3) is 0 Å². The number of nitrogens with one attached hydrogen (secondary N) is 1. The molecule has 0 spiro atoms. The molecule has 2 aliphatic rings. The Bertz CT molecular complexity index is 605. The first-order valence-electron chi connectivity index (χ1n) is 9.92. The SMILES string of the molecule is CN(CCc1ccccn1)[C@@H]1[C@H](O)[C@H](CO)O[C@@H]1CNC(=O)C1CCCC1.Cl.Cl. The van der Waals surface area contributed by atoms with E-state index in [1.54, 1.807) is 6.20 Å². The van der Waals surface area contributed by atoms with Gasteiger partial charge in [-0.2, -0.15) is 0 Å². The van der Waals surface area contributed by atoms with Crippen molar-refractivity contribution in [1.82, 2.24) is 15.2 Å². The van der Waals surface area contributed by atoms with Gasteiger partial charge in [-0.25, -0.2) is 0 Å². The zero-order valence-corrected chi connectivity index (χ0v) is 18.4. The van der Waals surface area contributed by atoms with E-state index in [0.29, 0.717) is 13.1 Å². The lowest BCUT2D eigenvalue weighted by atomic mass is 10.0. The third-order valence-electron chi connectivity index (χ3n) is 5.80. The van der Waals surface area contributed by atoms with Gasteiger partial charge in [0, 0.05) is 37.3 Å². The van der Waals surface area contributed by atoms with Gasteiger partial charge in [-0.3, -0.25) is 14.7 Å². The van der Waals surface area contributed by atoms with Crippen LogP contribution in [0.15, 0.2) is 24.4 Å². The fourth-order valence-corrected chi connectivity index (χ4v) is 4.21. The van der Waals surface area contributed by atoms with Crippen LogP contribution in [-0.4, -0.2) is 77.1 Å². The second kappa shape index (κ2) is 12.7. The van der Waals surface area contributed by atoms with Gasteiger partial charge in [0.15, 0.2) is 0 Å². The Hall–Kier alpha value is -0.960. The van der Waals surface area contributed by atoms with E-state index in [9.17, 15) is 15.0 Å². The third kappa shape index (κ3) is 6.77. The number of hydrogen-bond donors (Lipinski definition) is 3. The van der Waals surface area contributed by atoms with E-state index in [1.165, 1.54) is 0 Å². The Morgan fingerprint density at radius 2 is 2.00 bits per heavy atom. The second-order valence-corrected chi connectivity index (χ2v) is 7.65. The van der Waals surface area contributed by atoms with E-state index in [0.717, 1.165) is 37.8 Å². The monoisotopic (exact) mass is 449 g/mol. The first-order valence-corrected chi connectivity index (χ1v) is 9.92. The van der Waals surface area contributed by atoms with Crippen molar-refractivity contribution in [2.45, 2.75) is 56.5 Å². The molecule has 1 aromatic rings. The highest BCUT2D eigenvalue weighted by molar-refractivity contribution is 5.85. The highest BCUT2D eigenvalue weighted by atomic mass is 35.5. The molecule has 1 aliphatic heterocycles. The van der Waals surface area contributed by atoms with Crippen LogP contribution in [0.4, 0.5) is 0 Å². The Balaban J connectivity index is 0.00000210. The first kappa shape index (κ1) is 26.1. The number of nitrogens with zero attached hydrogens (tertiary/aromatic N) is 2. The molecule has 0 bridgehead atoms. The second-order valence-electron chi connectivity index (χ2n) is 7.65. The molecule has 0 unspecified atom stereocenters. The van der Waals surface area contributed by atoms with E-state index in [-0.39, 0.29) is 55.4 Å². The molecule has 166 valence electrons. The fraction of sp³-hybridized carbons (Fsp3) is 0.700. The zero-order chi connectivity index (χ0) is 19.2. The van der Waals surface area contributed by atoms with Gasteiger partial charge in [0.05, 0.1) is 18.8 Å². The van der Waals surface area contributed by atoms with Crippen molar-refractivity contribution >= 4 is 30.7 Å². The molecule has 3 N–H and O–H groups in total. The van der Waals surface area contributed by atoms with Crippen LogP contribution < -0.4 is 5.32 Å². The molecule has 1 aliphatic carbocycles. The minimum absolute atomic E-state index is 0. The van der Waals surface area contributed by atoms with Crippen molar-refractivity contribution in [3.8, 4) is 0 Å². The average Bonchev–Trinajstić information content (AvgIpc) is 3.33. The van der Waals surface area contributed by atoms with Crippen LogP contribution in [0.1, 0.15) is 31.4 Å². The van der Waals surface area contributed by atoms with Gasteiger partial charge in [0.1, 0.15) is 12.2 Å². The first-order chi connectivity index (χ1) is 13.1. The zero-order valence-electron chi connectivity index (χ0n) is 16.8. The normalized spacial score (nSPS) is 26.8. The number of carbonyl (C=O) groups is 1. The number of rotatable bonds is 8. The summed E-state index contributed by atoms with van der Waals surface area (Å²) in [6, 6.07) is 5.54. The van der Waals surface area contributed by atoms with Gasteiger partial charge in [-0.05, 0) is 32.0 Å². The summed E-state index contributed by atoms with van der Waals surface area (Å²) < 4.78 is 5.85. The minimum atomic E-state index is -0.794. The predicted molar refractivity (Wildman–Crippen MR) is 116 cm³/mol. The summed E-state index contributed by atoms with van der Waals surface area (Å²) in [5.74, 6) is 0.179. The highest BCUT2D eigenvalue weighted by Crippen LogP contribution is 2.27. The number of hydrogen-bond acceptors (Lipinski definition) is 6. The summed E-state index contributed by atoms with van der Waals surface area (Å²) in [6.07, 6.45) is 4.88. The Morgan fingerprint density at radius 1 is 1.28 bits per heavy atom. The Morgan fingerprint density at radius 3 is 2.62 bits per heavy atom. The molecular weight excluding hydrogens is 417 g/mol. The van der Waals surface area contributed by atoms with Crippen LogP contribution >= 0.6 is 24.8 Å². The van der Waals surface area contributed by atoms with Crippen LogP contribution in [0, 0.1) is 5.92 Å². The van der Waals surface area contributed by atoms with Crippen LogP contribution in [-0.2, 0) is 16.0 Å². The molecule has 2 fully saturated rings. The Labute approximate surface area is 185 Å². The molecule has 1 saturated heterocycles. The topological polar surface area (TPSA) is 94.9 Å². The number of ether oxygens (including phenoxy) is 1. The fourth-order valence-electron chi connectivity index (χ4n) is 4.21. The lowest BCUT2D eigenvalue weighted by molar-refractivity contribution is -0.125. The third-order valence-corrected chi connectivity index (χ3v) is 5.80. The predicted octanol–water partition coefficient (Wildman–Crippen LogP) is 1.20. The van der Waals surface area contributed by atoms with Gasteiger partial charge in [-0.15, -0.1) is 24.8 Å². The maximum atomic E-state index is 12.3. The number of likely N-dealkylation sites (N-methyl/N-ethyl adjacent to an activating group) is 1. The van der Waals surface area contributed by atoms with E-state index >= 15 is 0 Å². The average molecular weight is 450 g/mol. The number of aliphatic hydroxyl groups excluding tert-OH is 2. The number of aliphatic hydroxyl groups is 2. The maximum Gasteiger partial charge on any atom is 0.223 e. The lowest BCUT2D eigenvalue weighted by Crippen LogP contribution is -2.50. The van der Waals surface area contributed by atoms with Gasteiger partial charge >= 0.3 is 0 Å². The molecular formula is C20H33Cl2N3O4. The van der Waals surface area contributed by atoms with Crippen LogP contribution in [0.5, 0.6) is 0 Å². The number of amides is 1. The van der Waals surface area contributed by atoms with Crippen LogP contribution in [0.3, 0.4) is 0 Å². The smallest absolute Gasteiger partial charge is 0.223 e. The van der Waals surface area contributed by atoms with E-state index in [2.05, 4.69) is 10.3 Å². The number of pyridine rings is 1. The molecule has 1 aromatic heterocycles. The van der Waals surface area contributed by atoms with Gasteiger partial charge in [0.2, 0.25) is 5.91 Å². The maximum absolute atomic E-state index is 12.3. The summed E-state index contributed by atoms with van der Waals surface area (Å²) in [4.78, 5) is 18.7. The molecule has 9 heteroatoms. The van der Waals surface area contributed by atoms with E-state index in [1.807, 2.05) is 30.1 Å². The minimum Gasteiger partial charge on any atom is -0.394 e. The summed E-state index contributed by atoms with van der Waals surface area (Å²) in [7, 11) is 1.94. The molecule has 1 saturated carbocycles. The Kier molecular flexibility index (Phi) is 11.4. The van der Waals surface area contributed by atoms with Gasteiger partial charge in [0.25, 0.3) is 0 Å². The molecule has 29 heavy (non-hydrogen) atoms. The van der Waals surface area contributed by atoms with Crippen molar-refractivity contribution in [3.05, 3.63) is 30.1 Å². The van der Waals surface area contributed by atoms with E-state index in [4.69, 9.17) is 4.74 Å². The highest BCUT2D eigenvalue weighted by Gasteiger charge is 2.45. The summed E-state index contributed by atoms with van der Waals surface area (Å²) in [5, 5.41) is 23.1. The van der Waals surface area contributed by atoms with Crippen molar-refractivity contribution in [3.63, 3.8) is 0 Å². The van der Waals surface area contributed by atoms with Gasteiger partial charge < -0.3 is 20.3 Å². The molecule has 0 aromatic carbocycles. The summed E-state index contributed by atoms with van der Waals surface area (Å²) in [6.45, 7) is 0.813.